The Labute approximate surface area is 216 Å². The fourth-order valence-electron chi connectivity index (χ4n) is 3.88. The number of nitrogens with zero attached hydrogens (tertiary/aromatic N) is 1. The van der Waals surface area contributed by atoms with E-state index in [0.29, 0.717) is 21.4 Å². The first-order chi connectivity index (χ1) is 17.2. The Morgan fingerprint density at radius 2 is 2.03 bits per heavy atom. The molecule has 2 heterocycles. The number of thioether (sulfide) groups is 1. The quantitative estimate of drug-likeness (QED) is 0.244. The molecular weight excluding hydrogens is 506 g/mol. The van der Waals surface area contributed by atoms with Crippen LogP contribution in [0.15, 0.2) is 15.8 Å². The van der Waals surface area contributed by atoms with Crippen LogP contribution in [0, 0.1) is 5.92 Å². The SMILES string of the molecule is CCOC(=O)CC[C@H](NC(=O)c1cc2c(s1)CC(CSc1c(N)nc(N)[nH]c1=O)CC2)C(=O)OCC. The van der Waals surface area contributed by atoms with Crippen molar-refractivity contribution in [3.05, 3.63) is 31.7 Å². The minimum Gasteiger partial charge on any atom is -0.466 e. The van der Waals surface area contributed by atoms with Gasteiger partial charge < -0.3 is 26.3 Å². The number of hydrogen-bond acceptors (Lipinski definition) is 11. The summed E-state index contributed by atoms with van der Waals surface area (Å²) in [5.41, 5.74) is 12.1. The number of H-pyrrole nitrogens is 1. The molecule has 1 amide bonds. The Balaban J connectivity index is 1.62. The van der Waals surface area contributed by atoms with E-state index in [1.165, 1.54) is 23.1 Å². The van der Waals surface area contributed by atoms with Crippen LogP contribution < -0.4 is 22.3 Å². The number of thiophene rings is 1. The molecule has 13 heteroatoms. The topological polar surface area (TPSA) is 179 Å². The van der Waals surface area contributed by atoms with Crippen molar-refractivity contribution in [2.75, 3.05) is 30.4 Å². The van der Waals surface area contributed by atoms with Crippen molar-refractivity contribution in [3.8, 4) is 0 Å². The van der Waals surface area contributed by atoms with Gasteiger partial charge in [0, 0.05) is 17.1 Å². The summed E-state index contributed by atoms with van der Waals surface area (Å²) in [6, 6.07) is 0.918. The number of aromatic nitrogens is 2. The van der Waals surface area contributed by atoms with E-state index in [2.05, 4.69) is 15.3 Å². The summed E-state index contributed by atoms with van der Waals surface area (Å²) in [4.78, 5) is 57.5. The lowest BCUT2D eigenvalue weighted by atomic mass is 9.90. The maximum Gasteiger partial charge on any atom is 0.328 e. The molecule has 196 valence electrons. The molecule has 3 rings (SSSR count). The number of carbonyl (C=O) groups is 3. The smallest absolute Gasteiger partial charge is 0.328 e. The summed E-state index contributed by atoms with van der Waals surface area (Å²) in [6.07, 6.45) is 2.57. The van der Waals surface area contributed by atoms with Crippen molar-refractivity contribution in [2.45, 2.75) is 56.9 Å². The van der Waals surface area contributed by atoms with Crippen molar-refractivity contribution in [1.29, 1.82) is 0 Å². The van der Waals surface area contributed by atoms with Crippen molar-refractivity contribution < 1.29 is 23.9 Å². The first-order valence-electron chi connectivity index (χ1n) is 11.7. The van der Waals surface area contributed by atoms with E-state index in [1.807, 2.05) is 6.07 Å². The first-order valence-corrected chi connectivity index (χ1v) is 13.5. The van der Waals surface area contributed by atoms with Crippen molar-refractivity contribution in [1.82, 2.24) is 15.3 Å². The minimum atomic E-state index is -0.942. The molecule has 0 saturated carbocycles. The Kier molecular flexibility index (Phi) is 9.76. The highest BCUT2D eigenvalue weighted by Gasteiger charge is 2.27. The number of aryl methyl sites for hydroxylation is 1. The summed E-state index contributed by atoms with van der Waals surface area (Å²) < 4.78 is 9.98. The highest BCUT2D eigenvalue weighted by molar-refractivity contribution is 7.99. The molecule has 0 spiro atoms. The van der Waals surface area contributed by atoms with Gasteiger partial charge in [-0.1, -0.05) is 0 Å². The fourth-order valence-corrected chi connectivity index (χ4v) is 6.18. The highest BCUT2D eigenvalue weighted by atomic mass is 32.2. The standard InChI is InChI=1S/C23H31N5O6S2/c1-3-33-17(29)8-7-14(22(32)34-4-2)26-20(30)16-10-13-6-5-12(9-15(13)36-16)11-35-18-19(24)27-23(25)28-21(18)31/h10,12,14H,3-9,11H2,1-2H3,(H,26,30)(H5,24,25,27,28,31)/t12?,14-/m0/s1. The lowest BCUT2D eigenvalue weighted by Crippen LogP contribution is -2.42. The average Bonchev–Trinajstić information content (AvgIpc) is 3.25. The molecule has 2 atom stereocenters. The Morgan fingerprint density at radius 3 is 2.72 bits per heavy atom. The molecule has 0 aromatic carbocycles. The van der Waals surface area contributed by atoms with Gasteiger partial charge in [-0.3, -0.25) is 19.4 Å². The molecule has 0 aliphatic heterocycles. The number of carbonyl (C=O) groups excluding carboxylic acids is 3. The number of ether oxygens (including phenoxy) is 2. The maximum atomic E-state index is 12.9. The number of aromatic amines is 1. The molecule has 0 saturated heterocycles. The third-order valence-electron chi connectivity index (χ3n) is 5.62. The van der Waals surface area contributed by atoms with E-state index in [9.17, 15) is 19.2 Å². The van der Waals surface area contributed by atoms with E-state index < -0.39 is 18.0 Å². The van der Waals surface area contributed by atoms with Gasteiger partial charge in [-0.2, -0.15) is 4.98 Å². The third-order valence-corrected chi connectivity index (χ3v) is 8.14. The zero-order valence-electron chi connectivity index (χ0n) is 20.3. The summed E-state index contributed by atoms with van der Waals surface area (Å²) in [5.74, 6) is -0.322. The van der Waals surface area contributed by atoms with Crippen molar-refractivity contribution >= 4 is 52.7 Å². The number of nitrogens with two attached hydrogens (primary N) is 2. The molecule has 11 nitrogen and oxygen atoms in total. The van der Waals surface area contributed by atoms with E-state index in [-0.39, 0.29) is 49.3 Å². The van der Waals surface area contributed by atoms with Crippen molar-refractivity contribution in [3.63, 3.8) is 0 Å². The highest BCUT2D eigenvalue weighted by Crippen LogP contribution is 2.35. The minimum absolute atomic E-state index is 0.00519. The van der Waals surface area contributed by atoms with E-state index >= 15 is 0 Å². The molecule has 36 heavy (non-hydrogen) atoms. The molecule has 1 aliphatic carbocycles. The van der Waals surface area contributed by atoms with Gasteiger partial charge in [0.25, 0.3) is 11.5 Å². The molecule has 2 aromatic rings. The fraction of sp³-hybridized carbons (Fsp3) is 0.522. The number of nitrogens with one attached hydrogen (secondary N) is 2. The van der Waals surface area contributed by atoms with Crippen LogP contribution in [0.4, 0.5) is 11.8 Å². The summed E-state index contributed by atoms with van der Waals surface area (Å²) >= 11 is 2.74. The van der Waals surface area contributed by atoms with Crippen LogP contribution in [-0.2, 0) is 31.9 Å². The van der Waals surface area contributed by atoms with Gasteiger partial charge in [-0.25, -0.2) is 4.79 Å². The van der Waals surface area contributed by atoms with Crippen LogP contribution in [0.25, 0.3) is 0 Å². The monoisotopic (exact) mass is 537 g/mol. The molecule has 0 bridgehead atoms. The second kappa shape index (κ2) is 12.8. The zero-order chi connectivity index (χ0) is 26.2. The van der Waals surface area contributed by atoms with Crippen LogP contribution in [0.2, 0.25) is 0 Å². The van der Waals surface area contributed by atoms with E-state index in [0.717, 1.165) is 29.7 Å². The van der Waals surface area contributed by atoms with E-state index in [1.54, 1.807) is 13.8 Å². The molecular formula is C23H31N5O6S2. The second-order valence-corrected chi connectivity index (χ2v) is 10.4. The number of nitrogen functional groups attached to an aromatic ring is 2. The van der Waals surface area contributed by atoms with Gasteiger partial charge in [0.05, 0.1) is 18.1 Å². The Hall–Kier alpha value is -3.06. The Bertz CT molecular complexity index is 1160. The molecule has 0 radical (unpaired) electrons. The number of esters is 2. The lowest BCUT2D eigenvalue weighted by molar-refractivity contribution is -0.146. The van der Waals surface area contributed by atoms with Crippen LogP contribution in [0.1, 0.15) is 53.2 Å². The number of fused-ring (bicyclic) bond motifs is 1. The summed E-state index contributed by atoms with van der Waals surface area (Å²) in [5, 5.41) is 2.72. The molecule has 0 fully saturated rings. The zero-order valence-corrected chi connectivity index (χ0v) is 21.9. The molecule has 6 N–H and O–H groups in total. The normalized spacial score (nSPS) is 15.6. The first kappa shape index (κ1) is 27.5. The maximum absolute atomic E-state index is 12.9. The van der Waals surface area contributed by atoms with Crippen LogP contribution in [0.3, 0.4) is 0 Å². The summed E-state index contributed by atoms with van der Waals surface area (Å²) in [7, 11) is 0. The van der Waals surface area contributed by atoms with E-state index in [4.69, 9.17) is 20.9 Å². The van der Waals surface area contributed by atoms with Gasteiger partial charge >= 0.3 is 11.9 Å². The predicted molar refractivity (Wildman–Crippen MR) is 138 cm³/mol. The number of amides is 1. The van der Waals surface area contributed by atoms with Crippen molar-refractivity contribution in [2.24, 2.45) is 5.92 Å². The van der Waals surface area contributed by atoms with Crippen LogP contribution in [-0.4, -0.2) is 52.8 Å². The van der Waals surface area contributed by atoms with Gasteiger partial charge in [-0.15, -0.1) is 23.1 Å². The number of hydrogen-bond donors (Lipinski definition) is 4. The van der Waals surface area contributed by atoms with Gasteiger partial charge in [-0.05, 0) is 57.1 Å². The summed E-state index contributed by atoms with van der Waals surface area (Å²) in [6.45, 7) is 3.80. The number of rotatable bonds is 11. The second-order valence-electron chi connectivity index (χ2n) is 8.27. The van der Waals surface area contributed by atoms with Crippen LogP contribution >= 0.6 is 23.1 Å². The van der Waals surface area contributed by atoms with Gasteiger partial charge in [0.1, 0.15) is 16.8 Å². The Morgan fingerprint density at radius 1 is 1.28 bits per heavy atom. The molecule has 1 aliphatic rings. The van der Waals surface area contributed by atoms with Crippen LogP contribution in [0.5, 0.6) is 0 Å². The number of anilines is 2. The lowest BCUT2D eigenvalue weighted by Gasteiger charge is -2.21. The van der Waals surface area contributed by atoms with Gasteiger partial charge in [0.15, 0.2) is 0 Å². The average molecular weight is 538 g/mol. The largest absolute Gasteiger partial charge is 0.466 e. The van der Waals surface area contributed by atoms with Gasteiger partial charge in [0.2, 0.25) is 5.95 Å². The molecule has 2 aromatic heterocycles. The third kappa shape index (κ3) is 7.23. The predicted octanol–water partition coefficient (Wildman–Crippen LogP) is 1.90. The molecule has 1 unspecified atom stereocenters.